The second-order valence-corrected chi connectivity index (χ2v) is 12.2. The standard InChI is InChI=1S/C21H28BNO2.C5H3BrIN.CH4/c1-19(2,3)16-12-13-23-18(14-16)15-8-10-17(11-9-15)22-24-20(4,5)21(6,7)25-22;6-4-3-8-2-1-5(4)7;/h8-14H,1-7H3;1-3H;1H4. The van der Waals surface area contributed by atoms with E-state index < -0.39 is 0 Å². The summed E-state index contributed by atoms with van der Waals surface area (Å²) in [5.41, 5.74) is 3.89. The third kappa shape index (κ3) is 6.90. The first-order valence-electron chi connectivity index (χ1n) is 11.0. The molecule has 4 nitrogen and oxygen atoms in total. The Hall–Kier alpha value is -1.29. The topological polar surface area (TPSA) is 44.2 Å². The lowest BCUT2D eigenvalue weighted by Gasteiger charge is -2.32. The van der Waals surface area contributed by atoms with Gasteiger partial charge in [0.2, 0.25) is 0 Å². The molecule has 7 heteroatoms. The van der Waals surface area contributed by atoms with Gasteiger partial charge < -0.3 is 9.31 Å². The molecule has 1 aliphatic heterocycles. The van der Waals surface area contributed by atoms with Gasteiger partial charge in [0.15, 0.2) is 0 Å². The molecular formula is C27H35BBrIN2O2. The fourth-order valence-corrected chi connectivity index (χ4v) is 3.75. The minimum Gasteiger partial charge on any atom is -0.399 e. The van der Waals surface area contributed by atoms with Crippen LogP contribution in [0.5, 0.6) is 0 Å². The van der Waals surface area contributed by atoms with Gasteiger partial charge in [0.25, 0.3) is 0 Å². The molecule has 4 rings (SSSR count). The SMILES string of the molecule is Brc1cnccc1I.C.CC(C)(C)c1ccnc(-c2ccc(B3OC(C)(C)C(C)(C)O3)cc2)c1. The minimum atomic E-state index is -0.326. The van der Waals surface area contributed by atoms with Crippen LogP contribution < -0.4 is 5.46 Å². The molecule has 1 aromatic carbocycles. The number of halogens is 2. The van der Waals surface area contributed by atoms with Crippen molar-refractivity contribution in [3.8, 4) is 11.3 Å². The predicted molar refractivity (Wildman–Crippen MR) is 155 cm³/mol. The molecule has 0 N–H and O–H groups in total. The van der Waals surface area contributed by atoms with Crippen LogP contribution in [0, 0.1) is 3.57 Å². The first kappa shape index (κ1) is 28.9. The van der Waals surface area contributed by atoms with Crippen molar-refractivity contribution in [1.29, 1.82) is 0 Å². The van der Waals surface area contributed by atoms with Crippen LogP contribution in [-0.4, -0.2) is 28.3 Å². The largest absolute Gasteiger partial charge is 0.494 e. The molecule has 2 aromatic heterocycles. The molecule has 0 atom stereocenters. The maximum Gasteiger partial charge on any atom is 0.494 e. The zero-order valence-corrected chi connectivity index (χ0v) is 24.1. The van der Waals surface area contributed by atoms with Crippen molar-refractivity contribution in [3.63, 3.8) is 0 Å². The molecule has 34 heavy (non-hydrogen) atoms. The van der Waals surface area contributed by atoms with E-state index >= 15 is 0 Å². The van der Waals surface area contributed by atoms with Crippen molar-refractivity contribution in [3.05, 3.63) is 74.7 Å². The molecule has 0 spiro atoms. The smallest absolute Gasteiger partial charge is 0.399 e. The van der Waals surface area contributed by atoms with Crippen LogP contribution in [0.25, 0.3) is 11.3 Å². The molecule has 1 saturated heterocycles. The monoisotopic (exact) mass is 636 g/mol. The molecule has 0 aliphatic carbocycles. The van der Waals surface area contributed by atoms with Gasteiger partial charge in [-0.15, -0.1) is 0 Å². The Morgan fingerprint density at radius 3 is 1.97 bits per heavy atom. The van der Waals surface area contributed by atoms with Crippen LogP contribution in [0.2, 0.25) is 0 Å². The molecular weight excluding hydrogens is 602 g/mol. The number of hydrogen-bond acceptors (Lipinski definition) is 4. The second kappa shape index (κ2) is 11.2. The van der Waals surface area contributed by atoms with E-state index in [1.54, 1.807) is 12.4 Å². The van der Waals surface area contributed by atoms with E-state index in [1.165, 1.54) is 9.13 Å². The van der Waals surface area contributed by atoms with Gasteiger partial charge in [0.1, 0.15) is 0 Å². The highest BCUT2D eigenvalue weighted by atomic mass is 127. The first-order valence-corrected chi connectivity index (χ1v) is 12.8. The van der Waals surface area contributed by atoms with Crippen molar-refractivity contribution >= 4 is 51.1 Å². The van der Waals surface area contributed by atoms with E-state index in [0.717, 1.165) is 21.2 Å². The van der Waals surface area contributed by atoms with Crippen molar-refractivity contribution in [2.75, 3.05) is 0 Å². The number of benzene rings is 1. The summed E-state index contributed by atoms with van der Waals surface area (Å²) >= 11 is 5.56. The third-order valence-electron chi connectivity index (χ3n) is 6.08. The van der Waals surface area contributed by atoms with E-state index in [-0.39, 0.29) is 31.2 Å². The summed E-state index contributed by atoms with van der Waals surface area (Å²) in [6.07, 6.45) is 5.44. The lowest BCUT2D eigenvalue weighted by molar-refractivity contribution is 0.00578. The van der Waals surface area contributed by atoms with Crippen LogP contribution >= 0.6 is 38.5 Å². The molecule has 1 aliphatic rings. The van der Waals surface area contributed by atoms with E-state index in [9.17, 15) is 0 Å². The summed E-state index contributed by atoms with van der Waals surface area (Å²) in [6, 6.07) is 14.5. The molecule has 0 bridgehead atoms. The molecule has 0 unspecified atom stereocenters. The highest BCUT2D eigenvalue weighted by Gasteiger charge is 2.51. The Bertz CT molecular complexity index is 1060. The fraction of sp³-hybridized carbons (Fsp3) is 0.407. The predicted octanol–water partition coefficient (Wildman–Crippen LogP) is 7.43. The van der Waals surface area contributed by atoms with Crippen molar-refractivity contribution in [2.45, 2.75) is 72.5 Å². The summed E-state index contributed by atoms with van der Waals surface area (Å²) in [6.45, 7) is 14.9. The van der Waals surface area contributed by atoms with Crippen LogP contribution in [0.4, 0.5) is 0 Å². The maximum absolute atomic E-state index is 6.12. The van der Waals surface area contributed by atoms with Gasteiger partial charge in [-0.05, 0) is 101 Å². The summed E-state index contributed by atoms with van der Waals surface area (Å²) in [7, 11) is -0.326. The zero-order valence-electron chi connectivity index (χ0n) is 20.3. The van der Waals surface area contributed by atoms with Crippen LogP contribution in [0.1, 0.15) is 61.5 Å². The van der Waals surface area contributed by atoms with Gasteiger partial charge in [-0.3, -0.25) is 9.97 Å². The first-order chi connectivity index (χ1) is 15.3. The average Bonchev–Trinajstić information content (AvgIpc) is 2.97. The fourth-order valence-electron chi connectivity index (χ4n) is 3.20. The van der Waals surface area contributed by atoms with Gasteiger partial charge >= 0.3 is 7.12 Å². The number of pyridine rings is 2. The summed E-state index contributed by atoms with van der Waals surface area (Å²) in [4.78, 5) is 8.43. The Labute approximate surface area is 227 Å². The number of nitrogens with zero attached hydrogens (tertiary/aromatic N) is 2. The average molecular weight is 637 g/mol. The third-order valence-corrected chi connectivity index (χ3v) is 8.39. The Balaban J connectivity index is 0.000000386. The van der Waals surface area contributed by atoms with Gasteiger partial charge in [-0.1, -0.05) is 52.5 Å². The van der Waals surface area contributed by atoms with E-state index in [2.05, 4.69) is 133 Å². The number of hydrogen-bond donors (Lipinski definition) is 0. The summed E-state index contributed by atoms with van der Waals surface area (Å²) < 4.78 is 14.5. The van der Waals surface area contributed by atoms with Gasteiger partial charge in [0.05, 0.1) is 16.9 Å². The van der Waals surface area contributed by atoms with Crippen LogP contribution in [0.15, 0.2) is 65.5 Å². The van der Waals surface area contributed by atoms with Gasteiger partial charge in [-0.25, -0.2) is 0 Å². The molecule has 3 aromatic rings. The van der Waals surface area contributed by atoms with Crippen molar-refractivity contribution < 1.29 is 9.31 Å². The molecule has 0 saturated carbocycles. The van der Waals surface area contributed by atoms with Crippen LogP contribution in [-0.2, 0) is 14.7 Å². The highest BCUT2D eigenvalue weighted by Crippen LogP contribution is 2.36. The summed E-state index contributed by atoms with van der Waals surface area (Å²) in [5.74, 6) is 0. The second-order valence-electron chi connectivity index (χ2n) is 10.2. The normalized spacial score (nSPS) is 16.3. The maximum atomic E-state index is 6.12. The molecule has 0 amide bonds. The number of aromatic nitrogens is 2. The van der Waals surface area contributed by atoms with Crippen LogP contribution in [0.3, 0.4) is 0 Å². The molecule has 182 valence electrons. The zero-order chi connectivity index (χ0) is 24.4. The number of rotatable bonds is 2. The highest BCUT2D eigenvalue weighted by molar-refractivity contribution is 14.1. The van der Waals surface area contributed by atoms with E-state index in [4.69, 9.17) is 9.31 Å². The summed E-state index contributed by atoms with van der Waals surface area (Å²) in [5, 5.41) is 0. The Kier molecular flexibility index (Phi) is 9.53. The quantitative estimate of drug-likeness (QED) is 0.217. The molecule has 1 fully saturated rings. The van der Waals surface area contributed by atoms with E-state index in [1.807, 2.05) is 12.3 Å². The molecule has 0 radical (unpaired) electrons. The Morgan fingerprint density at radius 2 is 1.50 bits per heavy atom. The Morgan fingerprint density at radius 1 is 0.912 bits per heavy atom. The lowest BCUT2D eigenvalue weighted by atomic mass is 9.78. The molecule has 3 heterocycles. The van der Waals surface area contributed by atoms with Crippen molar-refractivity contribution in [1.82, 2.24) is 9.97 Å². The van der Waals surface area contributed by atoms with Gasteiger partial charge in [-0.2, -0.15) is 0 Å². The van der Waals surface area contributed by atoms with Gasteiger partial charge in [0, 0.05) is 32.2 Å². The minimum absolute atomic E-state index is 0. The lowest BCUT2D eigenvalue weighted by Crippen LogP contribution is -2.41. The van der Waals surface area contributed by atoms with Crippen molar-refractivity contribution in [2.24, 2.45) is 0 Å². The van der Waals surface area contributed by atoms with E-state index in [0.29, 0.717) is 0 Å².